The number of carbonyl (C=O) groups is 4. The van der Waals surface area contributed by atoms with Gasteiger partial charge in [-0.15, -0.1) is 0 Å². The van der Waals surface area contributed by atoms with Crippen molar-refractivity contribution in [3.63, 3.8) is 0 Å². The lowest BCUT2D eigenvalue weighted by Gasteiger charge is -2.26. The Morgan fingerprint density at radius 2 is 1.00 bits per heavy atom. The lowest BCUT2D eigenvalue weighted by molar-refractivity contribution is -0.120. The van der Waals surface area contributed by atoms with E-state index in [1.807, 2.05) is 48.5 Å². The van der Waals surface area contributed by atoms with Gasteiger partial charge in [0.2, 0.25) is 23.3 Å². The maximum absolute atomic E-state index is 12.5. The number of amides is 4. The Labute approximate surface area is 473 Å². The Kier molecular flexibility index (Phi) is 22.6. The topological polar surface area (TPSA) is 235 Å². The van der Waals surface area contributed by atoms with E-state index in [9.17, 15) is 19.2 Å². The summed E-state index contributed by atoms with van der Waals surface area (Å²) in [4.78, 5) is 53.5. The average Bonchev–Trinajstić information content (AvgIpc) is 3.91. The monoisotopic (exact) mass is 1120 g/mol. The van der Waals surface area contributed by atoms with Gasteiger partial charge in [-0.05, 0) is 108 Å². The molecule has 5 N–H and O–H groups in total. The van der Waals surface area contributed by atoms with Crippen molar-refractivity contribution in [1.29, 1.82) is 0 Å². The van der Waals surface area contributed by atoms with E-state index in [4.69, 9.17) is 52.5 Å². The summed E-state index contributed by atoms with van der Waals surface area (Å²) in [5, 5.41) is 20.2. The SMILES string of the molecule is COc1cc2c(c(OC)c1OC)-c1ccc(NC(=O)OCCN3CCOCC3)cc1[C@@H](NC(C)=O)CC2.COc1cc2c(c(OC)c1OC)-c1ccc(NC(=O)Oc3ccccc3)cc1[C@@H](NC(C)=O)CC2.OCCN1CCOCC1. The van der Waals surface area contributed by atoms with Gasteiger partial charge in [0, 0.05) is 75.6 Å². The number of β-amino-alcohol motifs (C(OH)–C–C–N with tert-alkyl or cyclic N) is 1. The molecule has 21 heteroatoms. The van der Waals surface area contributed by atoms with Gasteiger partial charge in [-0.1, -0.05) is 30.3 Å². The number of benzene rings is 5. The number of fused-ring (bicyclic) bond motifs is 6. The minimum absolute atomic E-state index is 0.134. The van der Waals surface area contributed by atoms with Crippen LogP contribution in [0, 0.1) is 0 Å². The zero-order valence-corrected chi connectivity index (χ0v) is 47.5. The summed E-state index contributed by atoms with van der Waals surface area (Å²) in [6.07, 6.45) is 1.53. The highest BCUT2D eigenvalue weighted by Crippen LogP contribution is 2.52. The fourth-order valence-corrected chi connectivity index (χ4v) is 10.4. The summed E-state index contributed by atoms with van der Waals surface area (Å²) < 4.78 is 55.1. The summed E-state index contributed by atoms with van der Waals surface area (Å²) in [6.45, 7) is 11.6. The summed E-state index contributed by atoms with van der Waals surface area (Å²) in [5.41, 5.74) is 8.37. The van der Waals surface area contributed by atoms with Gasteiger partial charge >= 0.3 is 12.2 Å². The highest BCUT2D eigenvalue weighted by atomic mass is 16.6. The molecule has 436 valence electrons. The molecule has 4 amide bonds. The molecule has 2 saturated heterocycles. The van der Waals surface area contributed by atoms with Gasteiger partial charge in [0.05, 0.1) is 87.8 Å². The van der Waals surface area contributed by atoms with Crippen LogP contribution < -0.4 is 54.4 Å². The van der Waals surface area contributed by atoms with E-state index in [1.54, 1.807) is 73.0 Å². The van der Waals surface area contributed by atoms with E-state index >= 15 is 0 Å². The lowest BCUT2D eigenvalue weighted by atomic mass is 9.93. The van der Waals surface area contributed by atoms with Crippen LogP contribution in [0.15, 0.2) is 78.9 Å². The third-order valence-corrected chi connectivity index (χ3v) is 14.1. The second kappa shape index (κ2) is 30.1. The molecular formula is C60H76N6O15. The van der Waals surface area contributed by atoms with E-state index in [0.29, 0.717) is 97.1 Å². The number of rotatable bonds is 16. The molecule has 2 aliphatic heterocycles. The fraction of sp³-hybridized carbons (Fsp3) is 0.433. The summed E-state index contributed by atoms with van der Waals surface area (Å²) in [5.74, 6) is 3.42. The lowest BCUT2D eigenvalue weighted by Crippen LogP contribution is -2.38. The number of anilines is 2. The first kappa shape index (κ1) is 60.8. The minimum Gasteiger partial charge on any atom is -0.493 e. The number of para-hydroxylation sites is 1. The van der Waals surface area contributed by atoms with Crippen molar-refractivity contribution < 1.29 is 71.7 Å². The second-order valence-electron chi connectivity index (χ2n) is 19.3. The molecule has 9 rings (SSSR count). The number of nitrogens with zero attached hydrogens (tertiary/aromatic N) is 2. The molecule has 2 fully saturated rings. The van der Waals surface area contributed by atoms with Gasteiger partial charge in [-0.3, -0.25) is 30.0 Å². The first-order chi connectivity index (χ1) is 39.3. The molecule has 4 aliphatic rings. The molecule has 0 saturated carbocycles. The van der Waals surface area contributed by atoms with Gasteiger partial charge in [-0.25, -0.2) is 9.59 Å². The predicted octanol–water partition coefficient (Wildman–Crippen LogP) is 7.81. The maximum Gasteiger partial charge on any atom is 0.417 e. The molecular weight excluding hydrogens is 1040 g/mol. The van der Waals surface area contributed by atoms with Crippen LogP contribution in [0.3, 0.4) is 0 Å². The molecule has 81 heavy (non-hydrogen) atoms. The van der Waals surface area contributed by atoms with Crippen LogP contribution >= 0.6 is 0 Å². The Bertz CT molecular complexity index is 2930. The molecule has 5 aromatic rings. The smallest absolute Gasteiger partial charge is 0.417 e. The predicted molar refractivity (Wildman–Crippen MR) is 305 cm³/mol. The van der Waals surface area contributed by atoms with E-state index in [1.165, 1.54) is 13.8 Å². The molecule has 0 spiro atoms. The summed E-state index contributed by atoms with van der Waals surface area (Å²) in [6, 6.07) is 23.4. The number of aliphatic hydroxyl groups is 1. The van der Waals surface area contributed by atoms with Crippen molar-refractivity contribution in [2.75, 3.05) is 132 Å². The number of ether oxygens (including phenoxy) is 10. The molecule has 0 bridgehead atoms. The van der Waals surface area contributed by atoms with Gasteiger partial charge in [-0.2, -0.15) is 0 Å². The van der Waals surface area contributed by atoms with Gasteiger partial charge < -0.3 is 63.1 Å². The molecule has 2 heterocycles. The van der Waals surface area contributed by atoms with E-state index in [2.05, 4.69) is 31.1 Å². The van der Waals surface area contributed by atoms with Crippen molar-refractivity contribution in [3.8, 4) is 62.5 Å². The van der Waals surface area contributed by atoms with Crippen LogP contribution in [-0.2, 0) is 36.6 Å². The van der Waals surface area contributed by atoms with Crippen molar-refractivity contribution in [1.82, 2.24) is 20.4 Å². The fourth-order valence-electron chi connectivity index (χ4n) is 10.4. The molecule has 0 aromatic heterocycles. The average molecular weight is 1120 g/mol. The zero-order valence-electron chi connectivity index (χ0n) is 47.5. The Morgan fingerprint density at radius 1 is 0.556 bits per heavy atom. The van der Waals surface area contributed by atoms with Crippen molar-refractivity contribution >= 4 is 35.4 Å². The molecule has 21 nitrogen and oxygen atoms in total. The number of morpholine rings is 2. The second-order valence-corrected chi connectivity index (χ2v) is 19.3. The van der Waals surface area contributed by atoms with E-state index < -0.39 is 12.2 Å². The summed E-state index contributed by atoms with van der Waals surface area (Å²) in [7, 11) is 9.49. The van der Waals surface area contributed by atoms with Crippen LogP contribution in [0.1, 0.15) is 61.0 Å². The van der Waals surface area contributed by atoms with Gasteiger partial charge in [0.15, 0.2) is 23.0 Å². The first-order valence-electron chi connectivity index (χ1n) is 27.0. The first-order valence-corrected chi connectivity index (χ1v) is 27.0. The highest BCUT2D eigenvalue weighted by molar-refractivity contribution is 5.90. The van der Waals surface area contributed by atoms with Crippen LogP contribution in [0.5, 0.6) is 40.2 Å². The molecule has 2 aliphatic carbocycles. The quantitative estimate of drug-likeness (QED) is 0.0634. The normalized spacial score (nSPS) is 16.3. The van der Waals surface area contributed by atoms with Crippen molar-refractivity contribution in [2.45, 2.75) is 51.6 Å². The van der Waals surface area contributed by atoms with Crippen LogP contribution in [0.4, 0.5) is 21.0 Å². The Hall–Kier alpha value is -7.82. The molecule has 0 unspecified atom stereocenters. The largest absolute Gasteiger partial charge is 0.493 e. The molecule has 0 radical (unpaired) electrons. The number of methoxy groups -OCH3 is 6. The van der Waals surface area contributed by atoms with Crippen LogP contribution in [0.2, 0.25) is 0 Å². The minimum atomic E-state index is -0.606. The van der Waals surface area contributed by atoms with E-state index in [0.717, 1.165) is 90.4 Å². The zero-order chi connectivity index (χ0) is 57.8. The third-order valence-electron chi connectivity index (χ3n) is 14.1. The Balaban J connectivity index is 0.000000202. The molecule has 2 atom stereocenters. The standard InChI is InChI=1S/C27H35N3O7.C27H28N2O6.C6H13NO2/c1-17(31)28-22-8-5-18-15-23(33-2)25(34-3)26(35-4)24(18)20-7-6-19(16-21(20)22)29-27(32)37-14-11-30-9-12-36-13-10-30;1-16(30)28-22-13-10-17-14-23(32-2)25(33-3)26(34-4)24(17)20-12-11-18(15-21(20)22)29-27(31)35-19-8-6-5-7-9-19;8-4-1-7-2-5-9-6-3-7/h6-7,15-16,22H,5,8-14H2,1-4H3,(H,28,31)(H,29,32);5-9,11-12,14-15,22H,10,13H2,1-4H3,(H,28,30)(H,29,31);8H,1-6H2/t2*22-;/m00./s1. The van der Waals surface area contributed by atoms with Crippen LogP contribution in [0.25, 0.3) is 22.3 Å². The highest BCUT2D eigenvalue weighted by Gasteiger charge is 2.32. The van der Waals surface area contributed by atoms with Crippen molar-refractivity contribution in [2.24, 2.45) is 0 Å². The number of carbonyl (C=O) groups excluding carboxylic acids is 4. The number of hydrogen-bond donors (Lipinski definition) is 5. The van der Waals surface area contributed by atoms with Crippen LogP contribution in [-0.4, -0.2) is 160 Å². The van der Waals surface area contributed by atoms with Gasteiger partial charge in [0.25, 0.3) is 0 Å². The third kappa shape index (κ3) is 16.0. The number of aliphatic hydroxyl groups excluding tert-OH is 1. The molecule has 5 aromatic carbocycles. The number of aryl methyl sites for hydroxylation is 2. The number of nitrogens with one attached hydrogen (secondary N) is 4. The maximum atomic E-state index is 12.5. The van der Waals surface area contributed by atoms with E-state index in [-0.39, 0.29) is 37.1 Å². The number of hydrogen-bond acceptors (Lipinski definition) is 17. The van der Waals surface area contributed by atoms with Crippen molar-refractivity contribution in [3.05, 3.63) is 101 Å². The summed E-state index contributed by atoms with van der Waals surface area (Å²) >= 11 is 0. The van der Waals surface area contributed by atoms with Gasteiger partial charge in [0.1, 0.15) is 12.4 Å². The Morgan fingerprint density at radius 3 is 1.42 bits per heavy atom.